The molecule has 1 aromatic rings. The Kier molecular flexibility index (Phi) is 1.65. The van der Waals surface area contributed by atoms with Crippen LogP contribution in [0, 0.1) is 0 Å². The van der Waals surface area contributed by atoms with Crippen molar-refractivity contribution in [2.45, 2.75) is 0 Å². The van der Waals surface area contributed by atoms with E-state index in [0.717, 1.165) is 5.13 Å². The summed E-state index contributed by atoms with van der Waals surface area (Å²) < 4.78 is 3.72. The van der Waals surface area contributed by atoms with Crippen LogP contribution >= 0.6 is 23.1 Å². The average molecular weight is 150 g/mol. The minimum Gasteiger partial charge on any atom is -0.363 e. The lowest BCUT2D eigenvalue weighted by molar-refractivity contribution is 1.31. The fourth-order valence-electron chi connectivity index (χ4n) is 0.307. The summed E-state index contributed by atoms with van der Waals surface area (Å²) in [6.45, 7) is 0. The molecule has 0 aromatic carbocycles. The van der Waals surface area contributed by atoms with Gasteiger partial charge in [-0.2, -0.15) is 9.36 Å². The first kappa shape index (κ1) is 5.78. The zero-order valence-corrected chi connectivity index (χ0v) is 5.75. The first-order chi connectivity index (χ1) is 3.83. The Labute approximate surface area is 55.9 Å². The molecular formula is C3H4ClN3S. The van der Waals surface area contributed by atoms with Crippen LogP contribution in [0.1, 0.15) is 0 Å². The van der Waals surface area contributed by atoms with Gasteiger partial charge in [-0.1, -0.05) is 0 Å². The lowest BCUT2D eigenvalue weighted by atomic mass is 11.1. The van der Waals surface area contributed by atoms with Gasteiger partial charge in [0.2, 0.25) is 10.4 Å². The topological polar surface area (TPSA) is 37.8 Å². The molecule has 1 heterocycles. The highest BCUT2D eigenvalue weighted by Crippen LogP contribution is 2.12. The Morgan fingerprint density at radius 3 is 2.75 bits per heavy atom. The summed E-state index contributed by atoms with van der Waals surface area (Å²) in [4.78, 5) is 3.79. The van der Waals surface area contributed by atoms with Crippen LogP contribution in [0.4, 0.5) is 5.13 Å². The molecule has 1 rings (SSSR count). The SMILES string of the molecule is CNc1nc(Cl)ns1. The Hall–Kier alpha value is -0.350. The van der Waals surface area contributed by atoms with E-state index in [1.165, 1.54) is 11.5 Å². The quantitative estimate of drug-likeness (QED) is 0.653. The van der Waals surface area contributed by atoms with Crippen molar-refractivity contribution in [1.29, 1.82) is 0 Å². The molecule has 0 spiro atoms. The van der Waals surface area contributed by atoms with E-state index in [2.05, 4.69) is 14.7 Å². The molecule has 3 nitrogen and oxygen atoms in total. The lowest BCUT2D eigenvalue weighted by Crippen LogP contribution is -1.83. The Balaban J connectivity index is 2.84. The van der Waals surface area contributed by atoms with Crippen LogP contribution in [0.15, 0.2) is 0 Å². The molecule has 1 aromatic heterocycles. The number of rotatable bonds is 1. The normalized spacial score (nSPS) is 9.25. The second kappa shape index (κ2) is 2.28. The minimum absolute atomic E-state index is 0.305. The monoisotopic (exact) mass is 149 g/mol. The van der Waals surface area contributed by atoms with Crippen molar-refractivity contribution >= 4 is 28.3 Å². The van der Waals surface area contributed by atoms with E-state index >= 15 is 0 Å². The van der Waals surface area contributed by atoms with Gasteiger partial charge in [-0.25, -0.2) is 0 Å². The van der Waals surface area contributed by atoms with Crippen LogP contribution in [-0.2, 0) is 0 Å². The van der Waals surface area contributed by atoms with Crippen molar-refractivity contribution < 1.29 is 0 Å². The molecule has 1 N–H and O–H groups in total. The predicted octanol–water partition coefficient (Wildman–Crippen LogP) is 1.23. The number of hydrogen-bond donors (Lipinski definition) is 1. The molecule has 5 heteroatoms. The summed E-state index contributed by atoms with van der Waals surface area (Å²) in [5.74, 6) is 0. The fraction of sp³-hybridized carbons (Fsp3) is 0.333. The summed E-state index contributed by atoms with van der Waals surface area (Å²) in [7, 11) is 1.77. The van der Waals surface area contributed by atoms with Crippen molar-refractivity contribution in [2.75, 3.05) is 12.4 Å². The maximum Gasteiger partial charge on any atom is 0.236 e. The van der Waals surface area contributed by atoms with Gasteiger partial charge < -0.3 is 5.32 Å². The smallest absolute Gasteiger partial charge is 0.236 e. The van der Waals surface area contributed by atoms with Crippen molar-refractivity contribution in [3.05, 3.63) is 5.28 Å². The van der Waals surface area contributed by atoms with E-state index in [4.69, 9.17) is 11.6 Å². The summed E-state index contributed by atoms with van der Waals surface area (Å²) in [5, 5.41) is 3.86. The van der Waals surface area contributed by atoms with Gasteiger partial charge in [0.25, 0.3) is 0 Å². The van der Waals surface area contributed by atoms with Gasteiger partial charge in [-0.15, -0.1) is 0 Å². The van der Waals surface area contributed by atoms with Gasteiger partial charge in [0.15, 0.2) is 0 Å². The number of halogens is 1. The van der Waals surface area contributed by atoms with Gasteiger partial charge in [0.05, 0.1) is 0 Å². The van der Waals surface area contributed by atoms with Crippen molar-refractivity contribution in [3.63, 3.8) is 0 Å². The van der Waals surface area contributed by atoms with Crippen LogP contribution < -0.4 is 5.32 Å². The molecule has 0 saturated carbocycles. The van der Waals surface area contributed by atoms with Crippen LogP contribution in [0.3, 0.4) is 0 Å². The Morgan fingerprint density at radius 1 is 1.75 bits per heavy atom. The third kappa shape index (κ3) is 1.08. The van der Waals surface area contributed by atoms with Gasteiger partial charge in [-0.05, 0) is 11.6 Å². The minimum atomic E-state index is 0.305. The number of nitrogens with zero attached hydrogens (tertiary/aromatic N) is 2. The molecule has 0 saturated heterocycles. The van der Waals surface area contributed by atoms with Gasteiger partial charge in [0.1, 0.15) is 0 Å². The summed E-state index contributed by atoms with van der Waals surface area (Å²) in [5.41, 5.74) is 0. The van der Waals surface area contributed by atoms with Gasteiger partial charge in [-0.3, -0.25) is 0 Å². The number of anilines is 1. The van der Waals surface area contributed by atoms with Crippen LogP contribution in [0.5, 0.6) is 0 Å². The molecule has 0 aliphatic heterocycles. The van der Waals surface area contributed by atoms with E-state index in [1.54, 1.807) is 7.05 Å². The highest BCUT2D eigenvalue weighted by molar-refractivity contribution is 7.09. The van der Waals surface area contributed by atoms with Crippen molar-refractivity contribution in [1.82, 2.24) is 9.36 Å². The standard InChI is InChI=1S/C3H4ClN3S/c1-5-3-6-2(4)7-8-3/h1H3,(H,5,6,7). The molecule has 0 aliphatic rings. The highest BCUT2D eigenvalue weighted by atomic mass is 35.5. The Bertz CT molecular complexity index is 175. The highest BCUT2D eigenvalue weighted by Gasteiger charge is 1.94. The van der Waals surface area contributed by atoms with E-state index in [9.17, 15) is 0 Å². The third-order valence-electron chi connectivity index (χ3n) is 0.615. The number of hydrogen-bond acceptors (Lipinski definition) is 4. The summed E-state index contributed by atoms with van der Waals surface area (Å²) >= 11 is 6.63. The number of nitrogens with one attached hydrogen (secondary N) is 1. The molecule has 0 amide bonds. The largest absolute Gasteiger partial charge is 0.363 e. The molecule has 44 valence electrons. The molecule has 0 atom stereocenters. The Morgan fingerprint density at radius 2 is 2.50 bits per heavy atom. The van der Waals surface area contributed by atoms with Crippen LogP contribution in [0.2, 0.25) is 5.28 Å². The van der Waals surface area contributed by atoms with Gasteiger partial charge in [0, 0.05) is 18.6 Å². The molecular weight excluding hydrogens is 146 g/mol. The molecule has 0 aliphatic carbocycles. The number of aromatic nitrogens is 2. The maximum atomic E-state index is 5.39. The predicted molar refractivity (Wildman–Crippen MR) is 34.5 cm³/mol. The van der Waals surface area contributed by atoms with Crippen molar-refractivity contribution in [2.24, 2.45) is 0 Å². The van der Waals surface area contributed by atoms with E-state index in [0.29, 0.717) is 5.28 Å². The molecule has 0 radical (unpaired) electrons. The first-order valence-corrected chi connectivity index (χ1v) is 3.15. The lowest BCUT2D eigenvalue weighted by Gasteiger charge is -1.82. The van der Waals surface area contributed by atoms with Gasteiger partial charge >= 0.3 is 0 Å². The average Bonchev–Trinajstić information content (AvgIpc) is 2.14. The summed E-state index contributed by atoms with van der Waals surface area (Å²) in [6.07, 6.45) is 0. The zero-order chi connectivity index (χ0) is 5.98. The molecule has 0 fully saturated rings. The maximum absolute atomic E-state index is 5.39. The molecule has 8 heavy (non-hydrogen) atoms. The van der Waals surface area contributed by atoms with E-state index < -0.39 is 0 Å². The zero-order valence-electron chi connectivity index (χ0n) is 4.18. The molecule has 0 bridgehead atoms. The second-order valence-corrected chi connectivity index (χ2v) is 2.21. The molecule has 0 unspecified atom stereocenters. The third-order valence-corrected chi connectivity index (χ3v) is 1.62. The fourth-order valence-corrected chi connectivity index (χ4v) is 0.966. The van der Waals surface area contributed by atoms with Crippen LogP contribution in [0.25, 0.3) is 0 Å². The van der Waals surface area contributed by atoms with Crippen molar-refractivity contribution in [3.8, 4) is 0 Å². The summed E-state index contributed by atoms with van der Waals surface area (Å²) in [6, 6.07) is 0. The first-order valence-electron chi connectivity index (χ1n) is 2.00. The second-order valence-electron chi connectivity index (χ2n) is 1.12. The van der Waals surface area contributed by atoms with E-state index in [1.807, 2.05) is 0 Å². The van der Waals surface area contributed by atoms with E-state index in [-0.39, 0.29) is 0 Å². The van der Waals surface area contributed by atoms with Crippen LogP contribution in [-0.4, -0.2) is 16.4 Å².